The van der Waals surface area contributed by atoms with Crippen LogP contribution in [0.15, 0.2) is 12.1 Å². The van der Waals surface area contributed by atoms with Crippen molar-refractivity contribution in [2.45, 2.75) is 31.5 Å². The molecule has 1 N–H and O–H groups in total. The van der Waals surface area contributed by atoms with Crippen molar-refractivity contribution in [3.63, 3.8) is 0 Å². The average molecular weight is 268 g/mol. The number of hydrogen-bond donors (Lipinski definition) is 1. The van der Waals surface area contributed by atoms with Gasteiger partial charge in [-0.05, 0) is 31.2 Å². The van der Waals surface area contributed by atoms with Gasteiger partial charge < -0.3 is 14.8 Å². The van der Waals surface area contributed by atoms with Crippen LogP contribution in [0.1, 0.15) is 30.1 Å². The van der Waals surface area contributed by atoms with E-state index in [0.29, 0.717) is 0 Å². The number of halogens is 1. The molecule has 1 aromatic carbocycles. The molecule has 2 aliphatic rings. The second kappa shape index (κ2) is 4.41. The standard InChI is InChI=1S/C14H18ClNO2/c1-9-5-12-10(6-11(9)15)13(17-2)7-14(18-12)3-4-16-8-14/h5-6,13,16H,3-4,7-8H2,1-2H3. The van der Waals surface area contributed by atoms with Gasteiger partial charge in [0.05, 0.1) is 6.10 Å². The first-order valence-corrected chi connectivity index (χ1v) is 6.74. The minimum Gasteiger partial charge on any atom is -0.485 e. The third kappa shape index (κ3) is 1.91. The molecule has 0 saturated carbocycles. The zero-order valence-electron chi connectivity index (χ0n) is 10.8. The van der Waals surface area contributed by atoms with Crippen molar-refractivity contribution >= 4 is 11.6 Å². The van der Waals surface area contributed by atoms with E-state index >= 15 is 0 Å². The predicted octanol–water partition coefficient (Wildman–Crippen LogP) is 2.85. The van der Waals surface area contributed by atoms with Crippen molar-refractivity contribution < 1.29 is 9.47 Å². The maximum absolute atomic E-state index is 6.25. The van der Waals surface area contributed by atoms with Crippen molar-refractivity contribution in [1.29, 1.82) is 0 Å². The van der Waals surface area contributed by atoms with Gasteiger partial charge in [0.1, 0.15) is 11.4 Å². The molecule has 1 saturated heterocycles. The van der Waals surface area contributed by atoms with E-state index in [4.69, 9.17) is 21.1 Å². The number of fused-ring (bicyclic) bond motifs is 1. The van der Waals surface area contributed by atoms with Crippen LogP contribution < -0.4 is 10.1 Å². The number of nitrogens with one attached hydrogen (secondary N) is 1. The van der Waals surface area contributed by atoms with Crippen molar-refractivity contribution in [3.05, 3.63) is 28.3 Å². The molecule has 4 heteroatoms. The van der Waals surface area contributed by atoms with Crippen molar-refractivity contribution in [3.8, 4) is 5.75 Å². The van der Waals surface area contributed by atoms with Gasteiger partial charge in [-0.1, -0.05) is 11.6 Å². The van der Waals surface area contributed by atoms with E-state index in [0.717, 1.165) is 47.8 Å². The highest BCUT2D eigenvalue weighted by Crippen LogP contribution is 2.45. The van der Waals surface area contributed by atoms with Crippen LogP contribution >= 0.6 is 11.6 Å². The first kappa shape index (κ1) is 12.3. The summed E-state index contributed by atoms with van der Waals surface area (Å²) in [4.78, 5) is 0. The molecule has 1 fully saturated rings. The number of aryl methyl sites for hydroxylation is 1. The van der Waals surface area contributed by atoms with Crippen LogP contribution in [0.2, 0.25) is 5.02 Å². The fourth-order valence-electron chi connectivity index (χ4n) is 2.93. The van der Waals surface area contributed by atoms with Gasteiger partial charge in [0.2, 0.25) is 0 Å². The second-order valence-corrected chi connectivity index (χ2v) is 5.69. The van der Waals surface area contributed by atoms with Crippen LogP contribution in [0.5, 0.6) is 5.75 Å². The summed E-state index contributed by atoms with van der Waals surface area (Å²) >= 11 is 6.20. The van der Waals surface area contributed by atoms with Crippen LogP contribution in [0.4, 0.5) is 0 Å². The Kier molecular flexibility index (Phi) is 3.00. The fourth-order valence-corrected chi connectivity index (χ4v) is 3.10. The first-order chi connectivity index (χ1) is 8.63. The van der Waals surface area contributed by atoms with Gasteiger partial charge >= 0.3 is 0 Å². The molecule has 18 heavy (non-hydrogen) atoms. The van der Waals surface area contributed by atoms with Gasteiger partial charge in [0.15, 0.2) is 0 Å². The molecule has 0 bridgehead atoms. The summed E-state index contributed by atoms with van der Waals surface area (Å²) in [5, 5.41) is 4.16. The molecule has 2 aliphatic heterocycles. The van der Waals surface area contributed by atoms with Crippen LogP contribution in [0.25, 0.3) is 0 Å². The lowest BCUT2D eigenvalue weighted by molar-refractivity contribution is -0.0203. The number of benzene rings is 1. The van der Waals surface area contributed by atoms with Crippen LogP contribution in [0, 0.1) is 6.92 Å². The SMILES string of the molecule is COC1CC2(CCNC2)Oc2cc(C)c(Cl)cc21. The van der Waals surface area contributed by atoms with Crippen LogP contribution in [-0.4, -0.2) is 25.8 Å². The highest BCUT2D eigenvalue weighted by Gasteiger charge is 2.43. The third-order valence-electron chi connectivity index (χ3n) is 4.01. The Bertz CT molecular complexity index is 469. The van der Waals surface area contributed by atoms with E-state index in [9.17, 15) is 0 Å². The zero-order chi connectivity index (χ0) is 12.8. The molecule has 3 nitrogen and oxygen atoms in total. The molecule has 1 aromatic rings. The van der Waals surface area contributed by atoms with E-state index < -0.39 is 0 Å². The summed E-state index contributed by atoms with van der Waals surface area (Å²) in [6.45, 7) is 3.91. The summed E-state index contributed by atoms with van der Waals surface area (Å²) < 4.78 is 11.9. The Hall–Kier alpha value is -0.770. The van der Waals surface area contributed by atoms with Crippen LogP contribution in [-0.2, 0) is 4.74 Å². The topological polar surface area (TPSA) is 30.5 Å². The van der Waals surface area contributed by atoms with E-state index in [2.05, 4.69) is 5.32 Å². The monoisotopic (exact) mass is 267 g/mol. The lowest BCUT2D eigenvalue weighted by Gasteiger charge is -2.39. The summed E-state index contributed by atoms with van der Waals surface area (Å²) in [6, 6.07) is 4.01. The maximum atomic E-state index is 6.25. The first-order valence-electron chi connectivity index (χ1n) is 6.36. The molecular weight excluding hydrogens is 250 g/mol. The molecule has 98 valence electrons. The molecule has 2 unspecified atom stereocenters. The van der Waals surface area contributed by atoms with Crippen molar-refractivity contribution in [2.24, 2.45) is 0 Å². The second-order valence-electron chi connectivity index (χ2n) is 5.28. The molecular formula is C14H18ClNO2. The Balaban J connectivity index is 2.04. The lowest BCUT2D eigenvalue weighted by atomic mass is 9.87. The van der Waals surface area contributed by atoms with Gasteiger partial charge in [0, 0.05) is 37.1 Å². The van der Waals surface area contributed by atoms with E-state index in [1.807, 2.05) is 19.1 Å². The Morgan fingerprint density at radius 2 is 2.33 bits per heavy atom. The quantitative estimate of drug-likeness (QED) is 0.849. The van der Waals surface area contributed by atoms with E-state index in [1.54, 1.807) is 7.11 Å². The van der Waals surface area contributed by atoms with Crippen molar-refractivity contribution in [2.75, 3.05) is 20.2 Å². The molecule has 2 heterocycles. The average Bonchev–Trinajstić information content (AvgIpc) is 2.79. The molecule has 0 amide bonds. The number of ether oxygens (including phenoxy) is 2. The molecule has 0 aliphatic carbocycles. The predicted molar refractivity (Wildman–Crippen MR) is 71.4 cm³/mol. The molecule has 3 rings (SSSR count). The Morgan fingerprint density at radius 1 is 1.50 bits per heavy atom. The van der Waals surface area contributed by atoms with Gasteiger partial charge in [-0.25, -0.2) is 0 Å². The van der Waals surface area contributed by atoms with Gasteiger partial charge in [0.25, 0.3) is 0 Å². The highest BCUT2D eigenvalue weighted by molar-refractivity contribution is 6.31. The fraction of sp³-hybridized carbons (Fsp3) is 0.571. The third-order valence-corrected chi connectivity index (χ3v) is 4.42. The Labute approximate surface area is 112 Å². The maximum Gasteiger partial charge on any atom is 0.126 e. The number of rotatable bonds is 1. The molecule has 2 atom stereocenters. The van der Waals surface area contributed by atoms with Gasteiger partial charge in [-0.2, -0.15) is 0 Å². The van der Waals surface area contributed by atoms with Crippen LogP contribution in [0.3, 0.4) is 0 Å². The zero-order valence-corrected chi connectivity index (χ0v) is 11.5. The number of methoxy groups -OCH3 is 1. The van der Waals surface area contributed by atoms with Gasteiger partial charge in [-0.3, -0.25) is 0 Å². The number of hydrogen-bond acceptors (Lipinski definition) is 3. The largest absolute Gasteiger partial charge is 0.485 e. The normalized spacial score (nSPS) is 30.3. The smallest absolute Gasteiger partial charge is 0.126 e. The highest BCUT2D eigenvalue weighted by atomic mass is 35.5. The molecule has 0 radical (unpaired) electrons. The summed E-state index contributed by atoms with van der Waals surface area (Å²) in [7, 11) is 1.75. The minimum atomic E-state index is -0.103. The molecule has 0 aromatic heterocycles. The molecule has 1 spiro atoms. The Morgan fingerprint density at radius 3 is 3.00 bits per heavy atom. The summed E-state index contributed by atoms with van der Waals surface area (Å²) in [6.07, 6.45) is 2.00. The summed E-state index contributed by atoms with van der Waals surface area (Å²) in [5.41, 5.74) is 2.02. The van der Waals surface area contributed by atoms with Gasteiger partial charge in [-0.15, -0.1) is 0 Å². The summed E-state index contributed by atoms with van der Waals surface area (Å²) in [5.74, 6) is 0.929. The van der Waals surface area contributed by atoms with E-state index in [-0.39, 0.29) is 11.7 Å². The van der Waals surface area contributed by atoms with E-state index in [1.165, 1.54) is 0 Å². The lowest BCUT2D eigenvalue weighted by Crippen LogP contribution is -2.43. The minimum absolute atomic E-state index is 0.0757. The van der Waals surface area contributed by atoms with Crippen molar-refractivity contribution in [1.82, 2.24) is 5.32 Å².